The second-order valence-corrected chi connectivity index (χ2v) is 6.42. The van der Waals surface area contributed by atoms with Crippen molar-refractivity contribution in [3.8, 4) is 17.1 Å². The lowest BCUT2D eigenvalue weighted by molar-refractivity contribution is -0.122. The number of hydrazone groups is 1. The number of nitrogens with zero attached hydrogens (tertiary/aromatic N) is 5. The maximum absolute atomic E-state index is 11.9. The van der Waals surface area contributed by atoms with Crippen molar-refractivity contribution in [1.29, 1.82) is 0 Å². The number of hydrogen-bond donors (Lipinski definition) is 2. The number of aromatic nitrogens is 4. The van der Waals surface area contributed by atoms with Crippen LogP contribution in [0.5, 0.6) is 5.75 Å². The first-order valence-electron chi connectivity index (χ1n) is 7.36. The van der Waals surface area contributed by atoms with Crippen LogP contribution in [0.4, 0.5) is 0 Å². The van der Waals surface area contributed by atoms with Crippen LogP contribution in [-0.2, 0) is 11.3 Å². The molecule has 0 radical (unpaired) electrons. The number of carbonyl (C=O) groups excluding carboxylic acids is 1. The van der Waals surface area contributed by atoms with E-state index in [-0.39, 0.29) is 12.3 Å². The third-order valence-corrected chi connectivity index (χ3v) is 4.04. The summed E-state index contributed by atoms with van der Waals surface area (Å²) in [6.45, 7) is -0.150. The van der Waals surface area contributed by atoms with Gasteiger partial charge in [-0.1, -0.05) is 41.9 Å². The van der Waals surface area contributed by atoms with Gasteiger partial charge in [-0.3, -0.25) is 4.79 Å². The lowest BCUT2D eigenvalue weighted by Gasteiger charge is -2.03. The fourth-order valence-electron chi connectivity index (χ4n) is 2.03. The molecule has 0 saturated carbocycles. The number of phenols is 1. The average Bonchev–Trinajstić information content (AvgIpc) is 3.08. The third kappa shape index (κ3) is 4.44. The van der Waals surface area contributed by atoms with Gasteiger partial charge >= 0.3 is 0 Å². The fraction of sp³-hybridized carbons (Fsp3) is 0.0625. The van der Waals surface area contributed by atoms with Crippen molar-refractivity contribution in [2.45, 2.75) is 6.54 Å². The van der Waals surface area contributed by atoms with Gasteiger partial charge in [0, 0.05) is 16.1 Å². The zero-order valence-electron chi connectivity index (χ0n) is 13.2. The number of carbonyl (C=O) groups is 1. The Morgan fingerprint density at radius 3 is 2.88 bits per heavy atom. The van der Waals surface area contributed by atoms with Crippen molar-refractivity contribution >= 4 is 39.7 Å². The summed E-state index contributed by atoms with van der Waals surface area (Å²) in [5.41, 5.74) is 3.49. The highest BCUT2D eigenvalue weighted by Gasteiger charge is 2.09. The van der Waals surface area contributed by atoms with Crippen molar-refractivity contribution in [3.05, 3.63) is 57.5 Å². The fourth-order valence-corrected chi connectivity index (χ4v) is 2.87. The Bertz CT molecular complexity index is 961. The Labute approximate surface area is 161 Å². The molecule has 3 rings (SSSR count). The molecule has 0 fully saturated rings. The number of benzene rings is 2. The van der Waals surface area contributed by atoms with Crippen LogP contribution in [0.1, 0.15) is 5.56 Å². The Hall–Kier alpha value is -2.78. The number of tetrazole rings is 1. The van der Waals surface area contributed by atoms with E-state index in [1.807, 2.05) is 30.3 Å². The van der Waals surface area contributed by atoms with E-state index < -0.39 is 5.91 Å². The molecule has 3 aromatic rings. The van der Waals surface area contributed by atoms with Crippen molar-refractivity contribution in [1.82, 2.24) is 25.6 Å². The summed E-state index contributed by atoms with van der Waals surface area (Å²) in [6.07, 6.45) is 1.29. The SMILES string of the molecule is O=C(Cn1nnc(-c2ccccc2)n1)N/N=C\c1cc(Cl)cc(Br)c1O. The normalized spacial score (nSPS) is 11.0. The number of amides is 1. The number of phenolic OH excluding ortho intramolecular Hbond substituents is 1. The quantitative estimate of drug-likeness (QED) is 0.473. The van der Waals surface area contributed by atoms with Gasteiger partial charge in [-0.05, 0) is 33.3 Å². The second kappa shape index (κ2) is 8.07. The van der Waals surface area contributed by atoms with Crippen molar-refractivity contribution in [2.75, 3.05) is 0 Å². The van der Waals surface area contributed by atoms with Gasteiger partial charge in [0.15, 0.2) is 0 Å². The zero-order valence-corrected chi connectivity index (χ0v) is 15.5. The molecule has 1 heterocycles. The van der Waals surface area contributed by atoms with Crippen LogP contribution in [-0.4, -0.2) is 37.4 Å². The molecule has 2 N–H and O–H groups in total. The summed E-state index contributed by atoms with van der Waals surface area (Å²) in [7, 11) is 0. The summed E-state index contributed by atoms with van der Waals surface area (Å²) in [4.78, 5) is 13.1. The lowest BCUT2D eigenvalue weighted by Crippen LogP contribution is -2.24. The standard InChI is InChI=1S/C16H12BrClN6O2/c17-13-7-12(18)6-11(15(13)26)8-19-20-14(25)9-24-22-16(21-23-24)10-4-2-1-3-5-10/h1-8,26H,9H2,(H,20,25)/b19-8-. The summed E-state index contributed by atoms with van der Waals surface area (Å²) >= 11 is 9.08. The smallest absolute Gasteiger partial charge is 0.263 e. The monoisotopic (exact) mass is 434 g/mol. The largest absolute Gasteiger partial charge is 0.506 e. The molecule has 0 saturated heterocycles. The molecule has 0 spiro atoms. The molecule has 2 aromatic carbocycles. The van der Waals surface area contributed by atoms with E-state index in [4.69, 9.17) is 11.6 Å². The van der Waals surface area contributed by atoms with Crippen LogP contribution in [0.15, 0.2) is 52.0 Å². The van der Waals surface area contributed by atoms with Crippen LogP contribution >= 0.6 is 27.5 Å². The van der Waals surface area contributed by atoms with Crippen molar-refractivity contribution in [3.63, 3.8) is 0 Å². The highest BCUT2D eigenvalue weighted by Crippen LogP contribution is 2.30. The Morgan fingerprint density at radius 1 is 1.35 bits per heavy atom. The van der Waals surface area contributed by atoms with E-state index in [1.54, 1.807) is 6.07 Å². The van der Waals surface area contributed by atoms with Gasteiger partial charge in [-0.25, -0.2) is 5.43 Å². The van der Waals surface area contributed by atoms with E-state index in [2.05, 4.69) is 41.9 Å². The summed E-state index contributed by atoms with van der Waals surface area (Å²) < 4.78 is 0.429. The van der Waals surface area contributed by atoms with Gasteiger partial charge < -0.3 is 5.11 Å². The summed E-state index contributed by atoms with van der Waals surface area (Å²) in [6, 6.07) is 12.4. The van der Waals surface area contributed by atoms with Crippen molar-refractivity contribution < 1.29 is 9.90 Å². The maximum Gasteiger partial charge on any atom is 0.263 e. The Morgan fingerprint density at radius 2 is 2.12 bits per heavy atom. The highest BCUT2D eigenvalue weighted by atomic mass is 79.9. The molecule has 0 bridgehead atoms. The minimum absolute atomic E-state index is 0.0298. The predicted molar refractivity (Wildman–Crippen MR) is 99.8 cm³/mol. The van der Waals surface area contributed by atoms with Gasteiger partial charge in [0.2, 0.25) is 5.82 Å². The molecule has 0 aliphatic heterocycles. The van der Waals surface area contributed by atoms with E-state index in [0.717, 1.165) is 5.56 Å². The van der Waals surface area contributed by atoms with Gasteiger partial charge in [0.1, 0.15) is 12.3 Å². The predicted octanol–water partition coefficient (Wildman–Crippen LogP) is 2.61. The second-order valence-electron chi connectivity index (χ2n) is 5.13. The molecule has 0 unspecified atom stereocenters. The van der Waals surface area contributed by atoms with Crippen LogP contribution < -0.4 is 5.43 Å². The first kappa shape index (κ1) is 18.0. The molecule has 1 amide bonds. The van der Waals surface area contributed by atoms with E-state index >= 15 is 0 Å². The van der Waals surface area contributed by atoms with E-state index in [0.29, 0.717) is 20.9 Å². The number of halogens is 2. The van der Waals surface area contributed by atoms with Gasteiger partial charge in [0.05, 0.1) is 10.7 Å². The minimum Gasteiger partial charge on any atom is -0.506 e. The lowest BCUT2D eigenvalue weighted by atomic mass is 10.2. The first-order chi connectivity index (χ1) is 12.5. The molecular formula is C16H12BrClN6O2. The molecule has 132 valence electrons. The Balaban J connectivity index is 1.61. The topological polar surface area (TPSA) is 105 Å². The van der Waals surface area contributed by atoms with Crippen LogP contribution in [0.25, 0.3) is 11.4 Å². The maximum atomic E-state index is 11.9. The molecule has 26 heavy (non-hydrogen) atoms. The van der Waals surface area contributed by atoms with Gasteiger partial charge in [-0.2, -0.15) is 9.90 Å². The highest BCUT2D eigenvalue weighted by molar-refractivity contribution is 9.10. The summed E-state index contributed by atoms with van der Waals surface area (Å²) in [5, 5.41) is 26.0. The molecule has 8 nitrogen and oxygen atoms in total. The molecule has 0 aliphatic rings. The average molecular weight is 436 g/mol. The summed E-state index contributed by atoms with van der Waals surface area (Å²) in [5.74, 6) is -0.0488. The zero-order chi connectivity index (χ0) is 18.5. The molecule has 1 aromatic heterocycles. The van der Waals surface area contributed by atoms with Crippen molar-refractivity contribution in [2.24, 2.45) is 5.10 Å². The van der Waals surface area contributed by atoms with E-state index in [1.165, 1.54) is 17.1 Å². The third-order valence-electron chi connectivity index (χ3n) is 3.22. The number of nitrogens with one attached hydrogen (secondary N) is 1. The van der Waals surface area contributed by atoms with Gasteiger partial charge in [0.25, 0.3) is 5.91 Å². The van der Waals surface area contributed by atoms with E-state index in [9.17, 15) is 9.90 Å². The molecule has 0 aliphatic carbocycles. The molecule has 0 atom stereocenters. The Kier molecular flexibility index (Phi) is 5.59. The van der Waals surface area contributed by atoms with Gasteiger partial charge in [-0.15, -0.1) is 10.2 Å². The first-order valence-corrected chi connectivity index (χ1v) is 8.53. The van der Waals surface area contributed by atoms with Crippen LogP contribution in [0.2, 0.25) is 5.02 Å². The molecule has 10 heteroatoms. The number of hydrogen-bond acceptors (Lipinski definition) is 6. The van der Waals surface area contributed by atoms with Crippen LogP contribution in [0.3, 0.4) is 0 Å². The number of aromatic hydroxyl groups is 1. The minimum atomic E-state index is -0.446. The van der Waals surface area contributed by atoms with Crippen LogP contribution in [0, 0.1) is 0 Å². The number of rotatable bonds is 5. The molecular weight excluding hydrogens is 424 g/mol.